The third-order valence-corrected chi connectivity index (χ3v) is 1.39. The Hall–Kier alpha value is -1.13. The molecule has 1 rings (SSSR count). The van der Waals surface area contributed by atoms with Crippen molar-refractivity contribution in [1.82, 2.24) is 5.48 Å². The summed E-state index contributed by atoms with van der Waals surface area (Å²) in [5.74, 6) is 0.215. The average molecular weight is 185 g/mol. The highest BCUT2D eigenvalue weighted by Crippen LogP contribution is 2.11. The first-order chi connectivity index (χ1) is 6.33. The Labute approximate surface area is 76.4 Å². The van der Waals surface area contributed by atoms with Gasteiger partial charge < -0.3 is 4.74 Å². The van der Waals surface area contributed by atoms with Gasteiger partial charge in [0.05, 0.1) is 0 Å². The van der Waals surface area contributed by atoms with Gasteiger partial charge in [-0.25, -0.2) is 9.87 Å². The first-order valence-corrected chi connectivity index (χ1v) is 4.00. The van der Waals surface area contributed by atoms with E-state index in [4.69, 9.17) is 9.57 Å². The fourth-order valence-electron chi connectivity index (χ4n) is 0.860. The number of halogens is 1. The molecule has 0 saturated heterocycles. The summed E-state index contributed by atoms with van der Waals surface area (Å²) in [6.07, 6.45) is 0. The van der Waals surface area contributed by atoms with Crippen LogP contribution >= 0.6 is 0 Å². The Morgan fingerprint density at radius 2 is 2.23 bits per heavy atom. The van der Waals surface area contributed by atoms with Gasteiger partial charge in [-0.05, 0) is 12.1 Å². The van der Waals surface area contributed by atoms with Gasteiger partial charge in [0.1, 0.15) is 24.8 Å². The molecule has 0 aliphatic carbocycles. The van der Waals surface area contributed by atoms with Gasteiger partial charge in [0.25, 0.3) is 0 Å². The maximum atomic E-state index is 12.6. The number of hydrogen-bond donors (Lipinski definition) is 1. The molecule has 4 heteroatoms. The topological polar surface area (TPSA) is 30.5 Å². The number of ether oxygens (including phenoxy) is 1. The lowest BCUT2D eigenvalue weighted by atomic mass is 10.3. The molecule has 1 N–H and O–H groups in total. The van der Waals surface area contributed by atoms with Crippen molar-refractivity contribution in [3.8, 4) is 5.75 Å². The molecule has 0 spiro atoms. The van der Waals surface area contributed by atoms with Crippen molar-refractivity contribution in [1.29, 1.82) is 0 Å². The van der Waals surface area contributed by atoms with E-state index in [0.717, 1.165) is 0 Å². The Kier molecular flexibility index (Phi) is 4.21. The van der Waals surface area contributed by atoms with Gasteiger partial charge in [-0.3, -0.25) is 4.84 Å². The van der Waals surface area contributed by atoms with E-state index in [9.17, 15) is 4.39 Å². The van der Waals surface area contributed by atoms with Crippen molar-refractivity contribution in [3.63, 3.8) is 0 Å². The predicted octanol–water partition coefficient (Wildman–Crippen LogP) is 1.36. The van der Waals surface area contributed by atoms with Crippen molar-refractivity contribution in [2.75, 3.05) is 20.3 Å². The van der Waals surface area contributed by atoms with E-state index in [1.807, 2.05) is 0 Å². The molecule has 0 fully saturated rings. The van der Waals surface area contributed by atoms with Crippen LogP contribution in [0, 0.1) is 5.82 Å². The van der Waals surface area contributed by atoms with Gasteiger partial charge in [0, 0.05) is 13.1 Å². The number of hydroxylamine groups is 1. The fraction of sp³-hybridized carbons (Fsp3) is 0.333. The zero-order valence-corrected chi connectivity index (χ0v) is 7.42. The predicted molar refractivity (Wildman–Crippen MR) is 46.9 cm³/mol. The molecule has 1 aromatic carbocycles. The van der Waals surface area contributed by atoms with E-state index in [1.54, 1.807) is 19.2 Å². The highest BCUT2D eigenvalue weighted by atomic mass is 19.1. The molecule has 0 saturated carbocycles. The third kappa shape index (κ3) is 3.87. The van der Waals surface area contributed by atoms with Crippen LogP contribution in [-0.4, -0.2) is 20.3 Å². The largest absolute Gasteiger partial charge is 0.491 e. The van der Waals surface area contributed by atoms with Crippen molar-refractivity contribution < 1.29 is 14.0 Å². The average Bonchev–Trinajstić information content (AvgIpc) is 2.13. The van der Waals surface area contributed by atoms with Gasteiger partial charge in [-0.2, -0.15) is 0 Å². The summed E-state index contributed by atoms with van der Waals surface area (Å²) in [6, 6.07) is 6.00. The molecule has 0 unspecified atom stereocenters. The van der Waals surface area contributed by atoms with Crippen LogP contribution < -0.4 is 10.2 Å². The molecular weight excluding hydrogens is 173 g/mol. The van der Waals surface area contributed by atoms with Crippen LogP contribution in [0.2, 0.25) is 0 Å². The first-order valence-electron chi connectivity index (χ1n) is 4.00. The fourth-order valence-corrected chi connectivity index (χ4v) is 0.860. The summed E-state index contributed by atoms with van der Waals surface area (Å²) in [4.78, 5) is 4.82. The monoisotopic (exact) mass is 185 g/mol. The molecule has 1 aromatic rings. The van der Waals surface area contributed by atoms with E-state index >= 15 is 0 Å². The van der Waals surface area contributed by atoms with Gasteiger partial charge >= 0.3 is 0 Å². The molecule has 0 radical (unpaired) electrons. The molecule has 0 aliphatic heterocycles. The van der Waals surface area contributed by atoms with Gasteiger partial charge in [-0.15, -0.1) is 0 Å². The Bertz CT molecular complexity index is 255. The zero-order valence-electron chi connectivity index (χ0n) is 7.42. The summed E-state index contributed by atoms with van der Waals surface area (Å²) in [6.45, 7) is 0.817. The Balaban J connectivity index is 2.28. The lowest BCUT2D eigenvalue weighted by Gasteiger charge is -2.05. The van der Waals surface area contributed by atoms with E-state index in [1.165, 1.54) is 12.1 Å². The van der Waals surface area contributed by atoms with Crippen molar-refractivity contribution in [2.45, 2.75) is 0 Å². The second-order valence-corrected chi connectivity index (χ2v) is 2.36. The maximum Gasteiger partial charge on any atom is 0.126 e. The van der Waals surface area contributed by atoms with E-state index in [2.05, 4.69) is 5.48 Å². The molecule has 3 nitrogen and oxygen atoms in total. The smallest absolute Gasteiger partial charge is 0.126 e. The van der Waals surface area contributed by atoms with Crippen molar-refractivity contribution >= 4 is 0 Å². The molecule has 13 heavy (non-hydrogen) atoms. The Morgan fingerprint density at radius 3 is 2.92 bits per heavy atom. The molecule has 0 bridgehead atoms. The first kappa shape index (κ1) is 9.95. The summed E-state index contributed by atoms with van der Waals surface area (Å²) >= 11 is 0. The highest BCUT2D eigenvalue weighted by molar-refractivity contribution is 5.22. The van der Waals surface area contributed by atoms with Crippen LogP contribution in [0.5, 0.6) is 5.75 Å². The van der Waals surface area contributed by atoms with Crippen LogP contribution in [0.3, 0.4) is 0 Å². The quantitative estimate of drug-likeness (QED) is 0.555. The summed E-state index contributed by atoms with van der Waals surface area (Å²) < 4.78 is 17.8. The molecule has 0 aliphatic rings. The number of rotatable bonds is 5. The van der Waals surface area contributed by atoms with Crippen molar-refractivity contribution in [2.24, 2.45) is 0 Å². The zero-order chi connectivity index (χ0) is 9.52. The van der Waals surface area contributed by atoms with E-state index in [-0.39, 0.29) is 5.82 Å². The molecule has 0 atom stereocenters. The molecule has 0 heterocycles. The molecule has 0 aromatic heterocycles. The Morgan fingerprint density at radius 1 is 1.38 bits per heavy atom. The lowest BCUT2D eigenvalue weighted by molar-refractivity contribution is 0.0367. The second kappa shape index (κ2) is 5.50. The van der Waals surface area contributed by atoms with Crippen LogP contribution in [-0.2, 0) is 4.84 Å². The van der Waals surface area contributed by atoms with Crippen LogP contribution in [0.1, 0.15) is 0 Å². The summed E-state index contributed by atoms with van der Waals surface area (Å²) in [5.41, 5.74) is 2.51. The number of hydrogen-bond acceptors (Lipinski definition) is 3. The highest BCUT2D eigenvalue weighted by Gasteiger charge is 1.94. The summed E-state index contributed by atoms with van der Waals surface area (Å²) in [5, 5.41) is 0. The standard InChI is InChI=1S/C9H12FNO2/c1-11-13-6-5-12-9-4-2-3-8(10)7-9/h2-4,7,11H,5-6H2,1H3. The molecule has 72 valence electrons. The third-order valence-electron chi connectivity index (χ3n) is 1.39. The minimum Gasteiger partial charge on any atom is -0.491 e. The van der Waals surface area contributed by atoms with Gasteiger partial charge in [0.15, 0.2) is 0 Å². The molecule has 0 amide bonds. The molecular formula is C9H12FNO2. The minimum absolute atomic E-state index is 0.299. The van der Waals surface area contributed by atoms with Crippen molar-refractivity contribution in [3.05, 3.63) is 30.1 Å². The normalized spacial score (nSPS) is 10.0. The van der Waals surface area contributed by atoms with Crippen LogP contribution in [0.4, 0.5) is 4.39 Å². The van der Waals surface area contributed by atoms with E-state index in [0.29, 0.717) is 19.0 Å². The van der Waals surface area contributed by atoms with Gasteiger partial charge in [0.2, 0.25) is 0 Å². The summed E-state index contributed by atoms with van der Waals surface area (Å²) in [7, 11) is 1.67. The minimum atomic E-state index is -0.299. The number of nitrogens with one attached hydrogen (secondary N) is 1. The van der Waals surface area contributed by atoms with E-state index < -0.39 is 0 Å². The SMILES string of the molecule is CNOCCOc1cccc(F)c1. The van der Waals surface area contributed by atoms with Gasteiger partial charge in [-0.1, -0.05) is 6.07 Å². The van der Waals surface area contributed by atoms with Crippen LogP contribution in [0.25, 0.3) is 0 Å². The number of benzene rings is 1. The van der Waals surface area contributed by atoms with Crippen LogP contribution in [0.15, 0.2) is 24.3 Å². The second-order valence-electron chi connectivity index (χ2n) is 2.36. The lowest BCUT2D eigenvalue weighted by Crippen LogP contribution is -2.14. The maximum absolute atomic E-state index is 12.6.